The van der Waals surface area contributed by atoms with Crippen LogP contribution in [0.25, 0.3) is 21.1 Å². The van der Waals surface area contributed by atoms with E-state index < -0.39 is 49.7 Å². The van der Waals surface area contributed by atoms with E-state index in [0.29, 0.717) is 15.6 Å². The number of nitrogens with zero attached hydrogens (tertiary/aromatic N) is 3. The molecule has 0 aliphatic heterocycles. The lowest BCUT2D eigenvalue weighted by Gasteiger charge is -2.34. The molecule has 0 fully saturated rings. The normalized spacial score (nSPS) is 13.9. The summed E-state index contributed by atoms with van der Waals surface area (Å²) in [5.41, 5.74) is -0.778. The maximum atomic E-state index is 15.3. The number of carbonyl (C=O) groups is 1. The van der Waals surface area contributed by atoms with Crippen molar-refractivity contribution >= 4 is 42.7 Å². The van der Waals surface area contributed by atoms with Gasteiger partial charge in [0, 0.05) is 29.4 Å². The van der Waals surface area contributed by atoms with Crippen molar-refractivity contribution < 1.29 is 37.2 Å². The van der Waals surface area contributed by atoms with E-state index in [1.165, 1.54) is 24.3 Å². The molecule has 16 heteroatoms. The first-order valence-corrected chi connectivity index (χ1v) is 16.8. The number of nitrogens with one attached hydrogen (secondary N) is 2. The highest BCUT2D eigenvalue weighted by Crippen LogP contribution is 2.56. The topological polar surface area (TPSA) is 154 Å². The highest BCUT2D eigenvalue weighted by Gasteiger charge is 2.40. The summed E-state index contributed by atoms with van der Waals surface area (Å²) in [4.78, 5) is 15.9. The van der Waals surface area contributed by atoms with Crippen molar-refractivity contribution in [3.8, 4) is 26.9 Å². The van der Waals surface area contributed by atoms with Gasteiger partial charge in [-0.15, -0.1) is 10.2 Å². The zero-order valence-electron chi connectivity index (χ0n) is 26.7. The Morgan fingerprint density at radius 2 is 1.69 bits per heavy atom. The number of carboxylic acid groups (broad SMARTS) is 1. The van der Waals surface area contributed by atoms with Crippen molar-refractivity contribution in [1.82, 2.24) is 20.5 Å². The summed E-state index contributed by atoms with van der Waals surface area (Å²) in [5, 5.41) is 24.4. The van der Waals surface area contributed by atoms with E-state index in [4.69, 9.17) is 29.9 Å². The highest BCUT2D eigenvalue weighted by atomic mass is 35.5. The van der Waals surface area contributed by atoms with Gasteiger partial charge in [-0.25, -0.2) is 18.7 Å². The Morgan fingerprint density at radius 1 is 1.07 bits per heavy atom. The summed E-state index contributed by atoms with van der Waals surface area (Å²) in [6.07, 6.45) is -0.813. The first-order valence-electron chi connectivity index (χ1n) is 14.1. The molecule has 1 amide bonds. The number of hydrogen-bond donors (Lipinski definition) is 3. The fourth-order valence-electron chi connectivity index (χ4n) is 3.80. The minimum absolute atomic E-state index is 0.136. The minimum atomic E-state index is -4.20. The molecule has 0 bridgehead atoms. The van der Waals surface area contributed by atoms with Crippen LogP contribution in [0, 0.1) is 5.82 Å². The number of aromatic nitrogens is 3. The third-order valence-electron chi connectivity index (χ3n) is 5.48. The number of anilines is 1. The van der Waals surface area contributed by atoms with Crippen LogP contribution < -0.4 is 15.4 Å². The molecule has 2 aromatic heterocycles. The molecule has 45 heavy (non-hydrogen) atoms. The Morgan fingerprint density at radius 3 is 2.22 bits per heavy atom. The van der Waals surface area contributed by atoms with Crippen LogP contribution in [0.2, 0.25) is 5.02 Å². The summed E-state index contributed by atoms with van der Waals surface area (Å²) in [6.45, 7) is 15.1. The zero-order chi connectivity index (χ0) is 33.7. The van der Waals surface area contributed by atoms with Gasteiger partial charge in [-0.05, 0) is 80.5 Å². The molecule has 0 saturated heterocycles. The molecule has 0 unspecified atom stereocenters. The summed E-state index contributed by atoms with van der Waals surface area (Å²) < 4.78 is 51.4. The second kappa shape index (κ2) is 14.7. The average molecular weight is 688 g/mol. The van der Waals surface area contributed by atoms with E-state index in [0.717, 1.165) is 17.4 Å². The summed E-state index contributed by atoms with van der Waals surface area (Å²) in [6, 6.07) is 5.25. The Labute approximate surface area is 271 Å². The molecule has 3 rings (SSSR count). The van der Waals surface area contributed by atoms with Crippen LogP contribution >= 0.6 is 30.8 Å². The first-order chi connectivity index (χ1) is 20.7. The van der Waals surface area contributed by atoms with Crippen LogP contribution in [0.5, 0.6) is 5.75 Å². The standard InChI is InChI=1S/C29H40ClFN5O7PS/c1-16(2)33-24-11-10-18(14-32-24)25-35-36-26(45-25)19-12-21(31)23(13-20(19)30)40-15-22(34-27(37)38)17(3)41-44(39,42-28(4,5)6)43-29(7,8)9/h10-14,16-17,22,34H,15H2,1-9H3,(H,32,33)(H,37,38)/t17-,22+/m0/s1. The largest absolute Gasteiger partial charge is 0.488 e. The molecule has 0 radical (unpaired) electrons. The SMILES string of the molecule is CC(C)Nc1ccc(-c2nnc(-c3cc(F)c(OC[C@@H](NC(=O)O)[C@H](C)OP(=O)(OC(C)(C)C)OC(C)(C)C)cc3Cl)s2)cn1. The van der Waals surface area contributed by atoms with Gasteiger partial charge in [0.2, 0.25) is 0 Å². The van der Waals surface area contributed by atoms with E-state index >= 15 is 4.39 Å². The average Bonchev–Trinajstić information content (AvgIpc) is 3.35. The van der Waals surface area contributed by atoms with Crippen LogP contribution in [-0.4, -0.2) is 62.4 Å². The molecule has 2 atom stereocenters. The predicted octanol–water partition coefficient (Wildman–Crippen LogP) is 8.04. The molecule has 3 aromatic rings. The maximum Gasteiger partial charge on any atom is 0.476 e. The molecule has 2 heterocycles. The maximum absolute atomic E-state index is 15.3. The van der Waals surface area contributed by atoms with Gasteiger partial charge in [-0.1, -0.05) is 22.9 Å². The van der Waals surface area contributed by atoms with Gasteiger partial charge in [-0.2, -0.15) is 0 Å². The van der Waals surface area contributed by atoms with Crippen LogP contribution in [0.15, 0.2) is 30.5 Å². The van der Waals surface area contributed by atoms with Gasteiger partial charge in [0.15, 0.2) is 11.6 Å². The Bertz CT molecular complexity index is 1490. The summed E-state index contributed by atoms with van der Waals surface area (Å²) >= 11 is 7.71. The monoisotopic (exact) mass is 687 g/mol. The van der Waals surface area contributed by atoms with Crippen LogP contribution in [0.1, 0.15) is 62.3 Å². The molecule has 0 aliphatic rings. The van der Waals surface area contributed by atoms with Crippen molar-refractivity contribution in [2.45, 2.75) is 91.7 Å². The van der Waals surface area contributed by atoms with E-state index in [2.05, 4.69) is 25.8 Å². The van der Waals surface area contributed by atoms with E-state index in [-0.39, 0.29) is 16.8 Å². The molecule has 0 aliphatic carbocycles. The van der Waals surface area contributed by atoms with E-state index in [1.54, 1.807) is 47.7 Å². The number of pyridine rings is 1. The fraction of sp³-hybridized carbons (Fsp3) is 0.517. The Balaban J connectivity index is 1.77. The van der Waals surface area contributed by atoms with Crippen molar-refractivity contribution in [2.24, 2.45) is 0 Å². The Kier molecular flexibility index (Phi) is 12.0. The van der Waals surface area contributed by atoms with Gasteiger partial charge < -0.3 is 20.5 Å². The number of phosphoric acid groups is 1. The van der Waals surface area contributed by atoms with Crippen LogP contribution in [0.3, 0.4) is 0 Å². The first kappa shape index (κ1) is 36.6. The van der Waals surface area contributed by atoms with E-state index in [1.807, 2.05) is 26.0 Å². The van der Waals surface area contributed by atoms with Crippen LogP contribution in [-0.2, 0) is 18.1 Å². The second-order valence-corrected chi connectivity index (χ2v) is 15.3. The molecular weight excluding hydrogens is 648 g/mol. The third kappa shape index (κ3) is 11.5. The van der Waals surface area contributed by atoms with Crippen molar-refractivity contribution in [3.63, 3.8) is 0 Å². The molecule has 0 saturated carbocycles. The second-order valence-electron chi connectivity index (χ2n) is 12.4. The van der Waals surface area contributed by atoms with Gasteiger partial charge in [-0.3, -0.25) is 13.6 Å². The number of rotatable bonds is 13. The molecular formula is C29H40ClFN5O7PS. The molecule has 3 N–H and O–H groups in total. The van der Waals surface area contributed by atoms with E-state index in [9.17, 15) is 14.5 Å². The lowest BCUT2D eigenvalue weighted by atomic mass is 10.2. The lowest BCUT2D eigenvalue weighted by molar-refractivity contribution is -0.0162. The minimum Gasteiger partial charge on any atom is -0.488 e. The van der Waals surface area contributed by atoms with Gasteiger partial charge in [0.1, 0.15) is 22.4 Å². The molecule has 0 spiro atoms. The Hall–Kier alpha value is -2.87. The summed E-state index contributed by atoms with van der Waals surface area (Å²) in [5.74, 6) is -0.279. The third-order valence-corrected chi connectivity index (χ3v) is 8.94. The van der Waals surface area contributed by atoms with Gasteiger partial charge in [0.05, 0.1) is 28.4 Å². The van der Waals surface area contributed by atoms with Gasteiger partial charge in [0.25, 0.3) is 0 Å². The number of amides is 1. The quantitative estimate of drug-likeness (QED) is 0.150. The number of benzene rings is 1. The fourth-order valence-corrected chi connectivity index (χ4v) is 6.98. The zero-order valence-corrected chi connectivity index (χ0v) is 29.1. The molecule has 12 nitrogen and oxygen atoms in total. The predicted molar refractivity (Wildman–Crippen MR) is 173 cm³/mol. The number of ether oxygens (including phenoxy) is 1. The van der Waals surface area contributed by atoms with Crippen molar-refractivity contribution in [2.75, 3.05) is 11.9 Å². The van der Waals surface area contributed by atoms with Crippen molar-refractivity contribution in [3.05, 3.63) is 41.3 Å². The summed E-state index contributed by atoms with van der Waals surface area (Å²) in [7, 11) is -4.20. The number of hydrogen-bond acceptors (Lipinski definition) is 11. The lowest BCUT2D eigenvalue weighted by Crippen LogP contribution is -2.46. The van der Waals surface area contributed by atoms with Crippen LogP contribution in [0.4, 0.5) is 15.0 Å². The smallest absolute Gasteiger partial charge is 0.476 e. The number of phosphoric ester groups is 1. The van der Waals surface area contributed by atoms with Crippen molar-refractivity contribution in [1.29, 1.82) is 0 Å². The highest BCUT2D eigenvalue weighted by molar-refractivity contribution is 7.48. The number of halogens is 2. The molecule has 248 valence electrons. The van der Waals surface area contributed by atoms with Gasteiger partial charge >= 0.3 is 13.9 Å². The molecule has 1 aromatic carbocycles.